The van der Waals surface area contributed by atoms with Crippen molar-refractivity contribution in [2.45, 2.75) is 59.0 Å². The fourth-order valence-corrected chi connectivity index (χ4v) is 1.18. The van der Waals surface area contributed by atoms with Gasteiger partial charge in [0.05, 0.1) is 6.10 Å². The Morgan fingerprint density at radius 2 is 2.00 bits per heavy atom. The fourth-order valence-electron chi connectivity index (χ4n) is 1.18. The van der Waals surface area contributed by atoms with Gasteiger partial charge in [0.15, 0.2) is 0 Å². The Kier molecular flexibility index (Phi) is 7.17. The zero-order valence-electron chi connectivity index (χ0n) is 8.64. The molecule has 0 aliphatic carbocycles. The molecule has 0 aromatic heterocycles. The number of unbranched alkanes of at least 4 members (excludes halogenated alkanes) is 3. The Morgan fingerprint density at radius 3 is 2.50 bits per heavy atom. The fraction of sp³-hybridized carbons (Fsp3) is 0.818. The summed E-state index contributed by atoms with van der Waals surface area (Å²) in [5.74, 6) is 0. The SMILES string of the molecule is C/C=C(\C)C(O)CCCCCC. The highest BCUT2D eigenvalue weighted by Crippen LogP contribution is 2.11. The average molecular weight is 170 g/mol. The number of aliphatic hydroxyl groups excluding tert-OH is 1. The van der Waals surface area contributed by atoms with Gasteiger partial charge < -0.3 is 5.11 Å². The maximum atomic E-state index is 9.55. The summed E-state index contributed by atoms with van der Waals surface area (Å²) < 4.78 is 0. The Hall–Kier alpha value is -0.300. The lowest BCUT2D eigenvalue weighted by molar-refractivity contribution is 0.196. The Morgan fingerprint density at radius 1 is 1.33 bits per heavy atom. The molecule has 0 heterocycles. The van der Waals surface area contributed by atoms with Crippen LogP contribution in [0.25, 0.3) is 0 Å². The van der Waals surface area contributed by atoms with Crippen LogP contribution in [-0.2, 0) is 0 Å². The van der Waals surface area contributed by atoms with Gasteiger partial charge in [0.25, 0.3) is 0 Å². The van der Waals surface area contributed by atoms with Crippen LogP contribution >= 0.6 is 0 Å². The van der Waals surface area contributed by atoms with Crippen molar-refractivity contribution in [3.8, 4) is 0 Å². The van der Waals surface area contributed by atoms with E-state index in [1.165, 1.54) is 19.3 Å². The Bertz CT molecular complexity index is 127. The third kappa shape index (κ3) is 5.36. The monoisotopic (exact) mass is 170 g/mol. The van der Waals surface area contributed by atoms with E-state index in [9.17, 15) is 5.11 Å². The number of allylic oxidation sites excluding steroid dienone is 1. The summed E-state index contributed by atoms with van der Waals surface area (Å²) in [6.07, 6.45) is 7.68. The number of aliphatic hydroxyl groups is 1. The average Bonchev–Trinajstić information content (AvgIpc) is 2.10. The summed E-state index contributed by atoms with van der Waals surface area (Å²) in [7, 11) is 0. The molecule has 1 unspecified atom stereocenters. The zero-order chi connectivity index (χ0) is 9.40. The van der Waals surface area contributed by atoms with Crippen LogP contribution in [0.3, 0.4) is 0 Å². The van der Waals surface area contributed by atoms with Crippen molar-refractivity contribution < 1.29 is 5.11 Å². The molecule has 0 saturated heterocycles. The second-order valence-corrected chi connectivity index (χ2v) is 3.40. The largest absolute Gasteiger partial charge is 0.389 e. The van der Waals surface area contributed by atoms with E-state index in [0.717, 1.165) is 18.4 Å². The number of rotatable bonds is 6. The molecule has 72 valence electrons. The quantitative estimate of drug-likeness (QED) is 0.479. The van der Waals surface area contributed by atoms with E-state index in [-0.39, 0.29) is 6.10 Å². The molecular weight excluding hydrogens is 148 g/mol. The molecule has 1 heteroatoms. The first-order valence-electron chi connectivity index (χ1n) is 5.03. The molecule has 1 atom stereocenters. The third-order valence-corrected chi connectivity index (χ3v) is 2.31. The highest BCUT2D eigenvalue weighted by molar-refractivity contribution is 5.02. The Balaban J connectivity index is 3.37. The molecule has 0 rings (SSSR count). The summed E-state index contributed by atoms with van der Waals surface area (Å²) in [5, 5.41) is 9.55. The lowest BCUT2D eigenvalue weighted by Crippen LogP contribution is -2.07. The molecule has 0 fully saturated rings. The van der Waals surface area contributed by atoms with Crippen molar-refractivity contribution in [3.63, 3.8) is 0 Å². The zero-order valence-corrected chi connectivity index (χ0v) is 8.64. The molecular formula is C11H22O. The van der Waals surface area contributed by atoms with Gasteiger partial charge in [0, 0.05) is 0 Å². The van der Waals surface area contributed by atoms with Gasteiger partial charge in [-0.15, -0.1) is 0 Å². The second-order valence-electron chi connectivity index (χ2n) is 3.40. The van der Waals surface area contributed by atoms with Crippen LogP contribution in [0.4, 0.5) is 0 Å². The van der Waals surface area contributed by atoms with E-state index >= 15 is 0 Å². The molecule has 0 bridgehead atoms. The molecule has 0 aromatic carbocycles. The standard InChI is InChI=1S/C11H22O/c1-4-6-7-8-9-11(12)10(3)5-2/h5,11-12H,4,6-9H2,1-3H3/b10-5+. The van der Waals surface area contributed by atoms with Crippen molar-refractivity contribution in [1.82, 2.24) is 0 Å². The van der Waals surface area contributed by atoms with E-state index in [4.69, 9.17) is 0 Å². The van der Waals surface area contributed by atoms with Gasteiger partial charge in [0.1, 0.15) is 0 Å². The van der Waals surface area contributed by atoms with E-state index in [0.29, 0.717) is 0 Å². The van der Waals surface area contributed by atoms with Crippen LogP contribution in [0.1, 0.15) is 52.9 Å². The molecule has 0 aliphatic rings. The van der Waals surface area contributed by atoms with Crippen molar-refractivity contribution in [2.75, 3.05) is 0 Å². The van der Waals surface area contributed by atoms with Gasteiger partial charge in [-0.3, -0.25) is 0 Å². The topological polar surface area (TPSA) is 20.2 Å². The van der Waals surface area contributed by atoms with Crippen molar-refractivity contribution in [3.05, 3.63) is 11.6 Å². The summed E-state index contributed by atoms with van der Waals surface area (Å²) in [6, 6.07) is 0. The normalized spacial score (nSPS) is 14.8. The first-order valence-corrected chi connectivity index (χ1v) is 5.03. The molecule has 1 nitrogen and oxygen atoms in total. The first-order chi connectivity index (χ1) is 5.72. The van der Waals surface area contributed by atoms with Crippen LogP contribution in [-0.4, -0.2) is 11.2 Å². The summed E-state index contributed by atoms with van der Waals surface area (Å²) in [5.41, 5.74) is 1.10. The number of hydrogen-bond acceptors (Lipinski definition) is 1. The van der Waals surface area contributed by atoms with Crippen molar-refractivity contribution >= 4 is 0 Å². The lowest BCUT2D eigenvalue weighted by atomic mass is 10.0. The highest BCUT2D eigenvalue weighted by atomic mass is 16.3. The van der Waals surface area contributed by atoms with Crippen LogP contribution < -0.4 is 0 Å². The van der Waals surface area contributed by atoms with Crippen molar-refractivity contribution in [2.24, 2.45) is 0 Å². The minimum Gasteiger partial charge on any atom is -0.389 e. The first kappa shape index (κ1) is 11.7. The molecule has 0 radical (unpaired) electrons. The predicted molar refractivity (Wildman–Crippen MR) is 54.2 cm³/mol. The van der Waals surface area contributed by atoms with Crippen LogP contribution in [0.15, 0.2) is 11.6 Å². The highest BCUT2D eigenvalue weighted by Gasteiger charge is 2.03. The van der Waals surface area contributed by atoms with Crippen LogP contribution in [0.5, 0.6) is 0 Å². The smallest absolute Gasteiger partial charge is 0.0747 e. The van der Waals surface area contributed by atoms with E-state index in [1.807, 2.05) is 19.9 Å². The molecule has 0 saturated carbocycles. The minimum absolute atomic E-state index is 0.202. The summed E-state index contributed by atoms with van der Waals surface area (Å²) >= 11 is 0. The van der Waals surface area contributed by atoms with Gasteiger partial charge in [-0.05, 0) is 25.8 Å². The van der Waals surface area contributed by atoms with Gasteiger partial charge >= 0.3 is 0 Å². The van der Waals surface area contributed by atoms with Gasteiger partial charge in [-0.2, -0.15) is 0 Å². The van der Waals surface area contributed by atoms with Crippen LogP contribution in [0.2, 0.25) is 0 Å². The molecule has 0 spiro atoms. The lowest BCUT2D eigenvalue weighted by Gasteiger charge is -2.09. The van der Waals surface area contributed by atoms with Crippen LogP contribution in [0, 0.1) is 0 Å². The van der Waals surface area contributed by atoms with Gasteiger partial charge in [0.2, 0.25) is 0 Å². The summed E-state index contributed by atoms with van der Waals surface area (Å²) in [4.78, 5) is 0. The molecule has 0 amide bonds. The maximum absolute atomic E-state index is 9.55. The van der Waals surface area contributed by atoms with E-state index in [2.05, 4.69) is 6.92 Å². The molecule has 0 aromatic rings. The second kappa shape index (κ2) is 7.35. The maximum Gasteiger partial charge on any atom is 0.0747 e. The van der Waals surface area contributed by atoms with E-state index in [1.54, 1.807) is 0 Å². The number of hydrogen-bond donors (Lipinski definition) is 1. The molecule has 0 aliphatic heterocycles. The van der Waals surface area contributed by atoms with E-state index < -0.39 is 0 Å². The van der Waals surface area contributed by atoms with Gasteiger partial charge in [-0.25, -0.2) is 0 Å². The Labute approximate surface area is 76.5 Å². The van der Waals surface area contributed by atoms with Gasteiger partial charge in [-0.1, -0.05) is 38.7 Å². The predicted octanol–water partition coefficient (Wildman–Crippen LogP) is 3.28. The minimum atomic E-state index is -0.202. The third-order valence-electron chi connectivity index (χ3n) is 2.31. The molecule has 12 heavy (non-hydrogen) atoms. The summed E-state index contributed by atoms with van der Waals surface area (Å²) in [6.45, 7) is 6.17. The molecule has 1 N–H and O–H groups in total. The van der Waals surface area contributed by atoms with Crippen molar-refractivity contribution in [1.29, 1.82) is 0 Å².